The smallest absolute Gasteiger partial charge is 0.0715 e. The van der Waals surface area contributed by atoms with Crippen molar-refractivity contribution in [1.29, 1.82) is 0 Å². The number of hydrogen-bond donors (Lipinski definition) is 1. The van der Waals surface area contributed by atoms with Crippen LogP contribution in [0.25, 0.3) is 0 Å². The molecule has 0 aliphatic heterocycles. The van der Waals surface area contributed by atoms with E-state index >= 15 is 0 Å². The van der Waals surface area contributed by atoms with Crippen molar-refractivity contribution < 1.29 is 0 Å². The predicted molar refractivity (Wildman–Crippen MR) is 30.6 cm³/mol. The molecule has 0 radical (unpaired) electrons. The molecular formula is C2H4BrNS. The van der Waals surface area contributed by atoms with Crippen LogP contribution in [-0.4, -0.2) is 10.3 Å². The third-order valence-corrected chi connectivity index (χ3v) is 0.651. The molecule has 0 bridgehead atoms. The molecule has 0 saturated carbocycles. The third kappa shape index (κ3) is 4.53. The lowest BCUT2D eigenvalue weighted by atomic mass is 10.8. The van der Waals surface area contributed by atoms with E-state index in [4.69, 9.17) is 5.73 Å². The monoisotopic (exact) mass is 153 g/mol. The zero-order valence-electron chi connectivity index (χ0n) is 2.57. The van der Waals surface area contributed by atoms with E-state index in [2.05, 4.69) is 28.1 Å². The Hall–Kier alpha value is 0.530. The summed E-state index contributed by atoms with van der Waals surface area (Å²) in [6, 6.07) is 0. The van der Waals surface area contributed by atoms with Crippen molar-refractivity contribution in [3.8, 4) is 0 Å². The quantitative estimate of drug-likeness (QED) is 0.443. The van der Waals surface area contributed by atoms with Gasteiger partial charge in [0.05, 0.1) is 3.77 Å². The summed E-state index contributed by atoms with van der Waals surface area (Å²) in [5, 5.41) is 0. The Morgan fingerprint density at radius 3 is 2.20 bits per heavy atom. The second-order valence-electron chi connectivity index (χ2n) is 0.559. The molecule has 0 aliphatic carbocycles. The van der Waals surface area contributed by atoms with Gasteiger partial charge in [0, 0.05) is 6.54 Å². The number of rotatable bonds is 1. The van der Waals surface area contributed by atoms with Crippen LogP contribution < -0.4 is 5.73 Å². The van der Waals surface area contributed by atoms with Crippen molar-refractivity contribution in [2.45, 2.75) is 0 Å². The molecule has 5 heavy (non-hydrogen) atoms. The van der Waals surface area contributed by atoms with Crippen LogP contribution in [0.1, 0.15) is 0 Å². The van der Waals surface area contributed by atoms with Gasteiger partial charge >= 0.3 is 0 Å². The molecule has 0 amide bonds. The first kappa shape index (κ1) is 5.53. The van der Waals surface area contributed by atoms with Crippen molar-refractivity contribution in [3.63, 3.8) is 0 Å². The molecule has 0 fully saturated rings. The van der Waals surface area contributed by atoms with Crippen LogP contribution in [0.15, 0.2) is 0 Å². The first-order valence-electron chi connectivity index (χ1n) is 1.15. The standard InChI is InChI=1S/C2H4BrNS/c3-2(5)1-4/h1,4H2. The molecule has 0 spiro atoms. The molecule has 0 aromatic rings. The average molecular weight is 154 g/mol. The molecule has 0 unspecified atom stereocenters. The highest BCUT2D eigenvalue weighted by Gasteiger charge is 1.74. The van der Waals surface area contributed by atoms with E-state index in [0.717, 1.165) is 0 Å². The van der Waals surface area contributed by atoms with Crippen LogP contribution in [0.4, 0.5) is 0 Å². The Morgan fingerprint density at radius 2 is 2.20 bits per heavy atom. The van der Waals surface area contributed by atoms with Crippen molar-refractivity contribution in [3.05, 3.63) is 0 Å². The van der Waals surface area contributed by atoms with Gasteiger partial charge < -0.3 is 5.73 Å². The zero-order chi connectivity index (χ0) is 4.28. The van der Waals surface area contributed by atoms with Crippen LogP contribution in [0.3, 0.4) is 0 Å². The third-order valence-electron chi connectivity index (χ3n) is 0.160. The SMILES string of the molecule is NCC(=S)Br. The van der Waals surface area contributed by atoms with Crippen LogP contribution in [-0.2, 0) is 0 Å². The van der Waals surface area contributed by atoms with Crippen LogP contribution in [0.2, 0.25) is 0 Å². The second-order valence-corrected chi connectivity index (χ2v) is 2.53. The first-order valence-corrected chi connectivity index (χ1v) is 2.36. The van der Waals surface area contributed by atoms with E-state index in [1.807, 2.05) is 0 Å². The maximum Gasteiger partial charge on any atom is 0.0715 e. The summed E-state index contributed by atoms with van der Waals surface area (Å²) in [5.41, 5.74) is 4.98. The maximum absolute atomic E-state index is 4.98. The maximum atomic E-state index is 4.98. The fourth-order valence-electron chi connectivity index (χ4n) is 0. The van der Waals surface area contributed by atoms with Gasteiger partial charge in [-0.1, -0.05) is 12.2 Å². The Kier molecular flexibility index (Phi) is 3.04. The summed E-state index contributed by atoms with van der Waals surface area (Å²) in [7, 11) is 0. The van der Waals surface area contributed by atoms with Gasteiger partial charge in [-0.15, -0.1) is 0 Å². The van der Waals surface area contributed by atoms with Gasteiger partial charge in [0.2, 0.25) is 0 Å². The normalized spacial score (nSPS) is 7.60. The summed E-state index contributed by atoms with van der Waals surface area (Å²) in [4.78, 5) is 0. The van der Waals surface area contributed by atoms with Crippen molar-refractivity contribution in [2.24, 2.45) is 5.73 Å². The van der Waals surface area contributed by atoms with E-state index in [1.54, 1.807) is 0 Å². The molecule has 3 heteroatoms. The minimum atomic E-state index is 0.454. The average Bonchev–Trinajstić information content (AvgIpc) is 1.38. The van der Waals surface area contributed by atoms with Gasteiger partial charge in [-0.3, -0.25) is 0 Å². The second kappa shape index (κ2) is 2.75. The summed E-state index contributed by atoms with van der Waals surface area (Å²) >= 11 is 7.47. The van der Waals surface area contributed by atoms with E-state index in [0.29, 0.717) is 10.3 Å². The van der Waals surface area contributed by atoms with Crippen LogP contribution in [0.5, 0.6) is 0 Å². The molecule has 0 aromatic carbocycles. The van der Waals surface area contributed by atoms with Crippen molar-refractivity contribution in [1.82, 2.24) is 0 Å². The molecule has 0 atom stereocenters. The Morgan fingerprint density at radius 1 is 2.00 bits per heavy atom. The summed E-state index contributed by atoms with van der Waals surface area (Å²) in [6.45, 7) is 0.454. The molecule has 2 N–H and O–H groups in total. The summed E-state index contributed by atoms with van der Waals surface area (Å²) in [5.74, 6) is 0. The van der Waals surface area contributed by atoms with Gasteiger partial charge in [-0.05, 0) is 15.9 Å². The van der Waals surface area contributed by atoms with E-state index in [9.17, 15) is 0 Å². The Balaban J connectivity index is 2.85. The minimum absolute atomic E-state index is 0.454. The van der Waals surface area contributed by atoms with E-state index in [-0.39, 0.29) is 0 Å². The number of nitrogens with two attached hydrogens (primary N) is 1. The first-order chi connectivity index (χ1) is 2.27. The zero-order valence-corrected chi connectivity index (χ0v) is 4.97. The molecule has 0 heterocycles. The van der Waals surface area contributed by atoms with Crippen LogP contribution >= 0.6 is 28.1 Å². The lowest BCUT2D eigenvalue weighted by Gasteiger charge is -1.74. The van der Waals surface area contributed by atoms with Gasteiger partial charge in [0.25, 0.3) is 0 Å². The lowest BCUT2D eigenvalue weighted by Crippen LogP contribution is -2.02. The largest absolute Gasteiger partial charge is 0.325 e. The van der Waals surface area contributed by atoms with Crippen molar-refractivity contribution >= 4 is 31.9 Å². The molecule has 30 valence electrons. The molecule has 0 aromatic heterocycles. The molecule has 0 saturated heterocycles. The topological polar surface area (TPSA) is 26.0 Å². The van der Waals surface area contributed by atoms with Crippen molar-refractivity contribution in [2.75, 3.05) is 6.54 Å². The van der Waals surface area contributed by atoms with Gasteiger partial charge in [0.15, 0.2) is 0 Å². The van der Waals surface area contributed by atoms with Gasteiger partial charge in [0.1, 0.15) is 0 Å². The van der Waals surface area contributed by atoms with Crippen LogP contribution in [0, 0.1) is 0 Å². The molecule has 1 nitrogen and oxygen atoms in total. The highest BCUT2D eigenvalue weighted by molar-refractivity contribution is 9.20. The highest BCUT2D eigenvalue weighted by Crippen LogP contribution is 1.81. The van der Waals surface area contributed by atoms with Gasteiger partial charge in [-0.2, -0.15) is 0 Å². The Bertz CT molecular complexity index is 44.9. The molecular weight excluding hydrogens is 150 g/mol. The fourth-order valence-corrected chi connectivity index (χ4v) is 0. The van der Waals surface area contributed by atoms with Gasteiger partial charge in [-0.25, -0.2) is 0 Å². The molecule has 0 rings (SSSR count). The van der Waals surface area contributed by atoms with E-state index in [1.165, 1.54) is 0 Å². The lowest BCUT2D eigenvalue weighted by molar-refractivity contribution is 1.36. The highest BCUT2D eigenvalue weighted by atomic mass is 79.9. The summed E-state index contributed by atoms with van der Waals surface area (Å²) < 4.78 is 0.678. The number of halogens is 1. The predicted octanol–water partition coefficient (Wildman–Crippen LogP) is 0.667. The summed E-state index contributed by atoms with van der Waals surface area (Å²) in [6.07, 6.45) is 0. The number of thiocarbonyl (C=S) groups is 1. The fraction of sp³-hybridized carbons (Fsp3) is 0.500. The Labute approximate surface area is 44.7 Å². The van der Waals surface area contributed by atoms with E-state index < -0.39 is 0 Å². The number of hydrogen-bond acceptors (Lipinski definition) is 2. The minimum Gasteiger partial charge on any atom is -0.325 e. The molecule has 0 aliphatic rings.